The minimum atomic E-state index is -0.407. The van der Waals surface area contributed by atoms with Crippen molar-refractivity contribution in [2.75, 3.05) is 26.2 Å². The van der Waals surface area contributed by atoms with E-state index in [-0.39, 0.29) is 24.2 Å². The first-order chi connectivity index (χ1) is 11.9. The molecule has 1 heterocycles. The van der Waals surface area contributed by atoms with Crippen LogP contribution < -0.4 is 0 Å². The molecule has 1 atom stereocenters. The maximum Gasteiger partial charge on any atom is 0.269 e. The summed E-state index contributed by atoms with van der Waals surface area (Å²) >= 11 is 0. The Morgan fingerprint density at radius 1 is 1.20 bits per heavy atom. The molecule has 0 spiro atoms. The third kappa shape index (κ3) is 5.51. The molecule has 1 aromatic carbocycles. The molecule has 0 unspecified atom stereocenters. The number of carbonyl (C=O) groups excluding carboxylic acids is 1. The second kappa shape index (κ2) is 8.92. The van der Waals surface area contributed by atoms with E-state index in [4.69, 9.17) is 0 Å². The van der Waals surface area contributed by atoms with Gasteiger partial charge in [-0.1, -0.05) is 26.0 Å². The standard InChI is InChI=1S/C18H27N3O4/c1-14(2)11-17(13-22)20-10-9-19(8-7-18(20)23)12-15-3-5-16(6-4-15)21(24)25/h3-6,14,17,22H,7-13H2,1-2H3/t17-/m0/s1. The van der Waals surface area contributed by atoms with Crippen LogP contribution in [0.5, 0.6) is 0 Å². The van der Waals surface area contributed by atoms with E-state index in [2.05, 4.69) is 18.7 Å². The molecule has 0 aromatic heterocycles. The topological polar surface area (TPSA) is 86.9 Å². The fourth-order valence-electron chi connectivity index (χ4n) is 3.25. The summed E-state index contributed by atoms with van der Waals surface area (Å²) in [5, 5.41) is 20.4. The zero-order valence-corrected chi connectivity index (χ0v) is 14.9. The smallest absolute Gasteiger partial charge is 0.269 e. The van der Waals surface area contributed by atoms with Gasteiger partial charge in [0.15, 0.2) is 0 Å². The molecule has 7 nitrogen and oxygen atoms in total. The number of rotatable bonds is 7. The number of nitro benzene ring substituents is 1. The van der Waals surface area contributed by atoms with E-state index < -0.39 is 4.92 Å². The number of carbonyl (C=O) groups is 1. The molecular formula is C18H27N3O4. The quantitative estimate of drug-likeness (QED) is 0.601. The number of hydrogen-bond acceptors (Lipinski definition) is 5. The Hall–Kier alpha value is -1.99. The van der Waals surface area contributed by atoms with Gasteiger partial charge in [-0.2, -0.15) is 0 Å². The van der Waals surface area contributed by atoms with Crippen molar-refractivity contribution < 1.29 is 14.8 Å². The Kier molecular flexibility index (Phi) is 6.90. The predicted octanol–water partition coefficient (Wildman–Crippen LogP) is 2.04. The van der Waals surface area contributed by atoms with Gasteiger partial charge in [0.1, 0.15) is 0 Å². The lowest BCUT2D eigenvalue weighted by Crippen LogP contribution is -2.44. The summed E-state index contributed by atoms with van der Waals surface area (Å²) < 4.78 is 0. The summed E-state index contributed by atoms with van der Waals surface area (Å²) in [6, 6.07) is 6.42. The van der Waals surface area contributed by atoms with E-state index in [9.17, 15) is 20.0 Å². The van der Waals surface area contributed by atoms with Gasteiger partial charge in [0.05, 0.1) is 17.6 Å². The molecule has 1 aliphatic heterocycles. The Morgan fingerprint density at radius 3 is 2.44 bits per heavy atom. The highest BCUT2D eigenvalue weighted by atomic mass is 16.6. The fourth-order valence-corrected chi connectivity index (χ4v) is 3.25. The molecular weight excluding hydrogens is 322 g/mol. The van der Waals surface area contributed by atoms with E-state index in [1.807, 2.05) is 4.90 Å². The van der Waals surface area contributed by atoms with Crippen molar-refractivity contribution in [2.45, 2.75) is 39.3 Å². The number of aliphatic hydroxyl groups is 1. The average Bonchev–Trinajstić information content (AvgIpc) is 2.75. The molecule has 7 heteroatoms. The van der Waals surface area contributed by atoms with Crippen LogP contribution in [0.25, 0.3) is 0 Å². The molecule has 138 valence electrons. The molecule has 0 radical (unpaired) electrons. The first-order valence-corrected chi connectivity index (χ1v) is 8.76. The molecule has 1 aliphatic rings. The second-order valence-electron chi connectivity index (χ2n) is 7.00. The number of aliphatic hydroxyl groups excluding tert-OH is 1. The van der Waals surface area contributed by atoms with E-state index in [0.717, 1.165) is 18.5 Å². The number of nitrogens with zero attached hydrogens (tertiary/aromatic N) is 3. The number of nitro groups is 1. The van der Waals surface area contributed by atoms with Gasteiger partial charge in [0.2, 0.25) is 5.91 Å². The second-order valence-corrected chi connectivity index (χ2v) is 7.00. The van der Waals surface area contributed by atoms with Crippen LogP contribution in [0, 0.1) is 16.0 Å². The monoisotopic (exact) mass is 349 g/mol. The minimum Gasteiger partial charge on any atom is -0.394 e. The van der Waals surface area contributed by atoms with Crippen LogP contribution in [-0.2, 0) is 11.3 Å². The largest absolute Gasteiger partial charge is 0.394 e. The van der Waals surface area contributed by atoms with Crippen LogP contribution >= 0.6 is 0 Å². The third-order valence-electron chi connectivity index (χ3n) is 4.57. The Balaban J connectivity index is 1.97. The van der Waals surface area contributed by atoms with Gasteiger partial charge < -0.3 is 10.0 Å². The number of amides is 1. The van der Waals surface area contributed by atoms with Crippen LogP contribution in [0.15, 0.2) is 24.3 Å². The molecule has 2 rings (SSSR count). The third-order valence-corrected chi connectivity index (χ3v) is 4.57. The Bertz CT molecular complexity index is 588. The maximum atomic E-state index is 12.4. The van der Waals surface area contributed by atoms with Crippen LogP contribution in [0.4, 0.5) is 5.69 Å². The maximum absolute atomic E-state index is 12.4. The lowest BCUT2D eigenvalue weighted by Gasteiger charge is -2.31. The first kappa shape index (κ1) is 19.3. The van der Waals surface area contributed by atoms with Gasteiger partial charge in [-0.05, 0) is 17.9 Å². The molecule has 1 aromatic rings. The normalized spacial score (nSPS) is 17.6. The average molecular weight is 349 g/mol. The summed E-state index contributed by atoms with van der Waals surface area (Å²) in [6.07, 6.45) is 1.23. The highest BCUT2D eigenvalue weighted by Crippen LogP contribution is 2.18. The first-order valence-electron chi connectivity index (χ1n) is 8.76. The van der Waals surface area contributed by atoms with Gasteiger partial charge in [-0.3, -0.25) is 19.8 Å². The van der Waals surface area contributed by atoms with E-state index in [0.29, 0.717) is 32.0 Å². The van der Waals surface area contributed by atoms with Crippen LogP contribution in [0.1, 0.15) is 32.3 Å². The van der Waals surface area contributed by atoms with Gasteiger partial charge in [-0.15, -0.1) is 0 Å². The van der Waals surface area contributed by atoms with E-state index >= 15 is 0 Å². The fraction of sp³-hybridized carbons (Fsp3) is 0.611. The van der Waals surface area contributed by atoms with Gasteiger partial charge in [0, 0.05) is 44.7 Å². The van der Waals surface area contributed by atoms with Crippen LogP contribution in [-0.4, -0.2) is 58.0 Å². The van der Waals surface area contributed by atoms with Gasteiger partial charge in [-0.25, -0.2) is 0 Å². The zero-order valence-electron chi connectivity index (χ0n) is 14.9. The summed E-state index contributed by atoms with van der Waals surface area (Å²) in [4.78, 5) is 26.7. The van der Waals surface area contributed by atoms with Crippen LogP contribution in [0.2, 0.25) is 0 Å². The SMILES string of the molecule is CC(C)C[C@@H](CO)N1CCN(Cc2ccc([N+](=O)[O-])cc2)CCC1=O. The summed E-state index contributed by atoms with van der Waals surface area (Å²) in [6.45, 7) is 6.82. The molecule has 1 N–H and O–H groups in total. The van der Waals surface area contributed by atoms with Crippen molar-refractivity contribution in [1.29, 1.82) is 0 Å². The van der Waals surface area contributed by atoms with Crippen molar-refractivity contribution in [1.82, 2.24) is 9.80 Å². The Labute approximate surface area is 148 Å². The zero-order chi connectivity index (χ0) is 18.4. The summed E-state index contributed by atoms with van der Waals surface area (Å²) in [7, 11) is 0. The lowest BCUT2D eigenvalue weighted by molar-refractivity contribution is -0.384. The minimum absolute atomic E-state index is 0.00767. The van der Waals surface area contributed by atoms with Gasteiger partial charge >= 0.3 is 0 Å². The highest BCUT2D eigenvalue weighted by Gasteiger charge is 2.27. The van der Waals surface area contributed by atoms with Crippen LogP contribution in [0.3, 0.4) is 0 Å². The summed E-state index contributed by atoms with van der Waals surface area (Å²) in [5.74, 6) is 0.510. The molecule has 1 saturated heterocycles. The molecule has 0 saturated carbocycles. The number of hydrogen-bond donors (Lipinski definition) is 1. The number of benzene rings is 1. The molecule has 0 bridgehead atoms. The molecule has 0 aliphatic carbocycles. The van der Waals surface area contributed by atoms with E-state index in [1.165, 1.54) is 12.1 Å². The van der Waals surface area contributed by atoms with Crippen molar-refractivity contribution in [2.24, 2.45) is 5.92 Å². The van der Waals surface area contributed by atoms with Crippen molar-refractivity contribution in [3.05, 3.63) is 39.9 Å². The Morgan fingerprint density at radius 2 is 1.88 bits per heavy atom. The summed E-state index contributed by atoms with van der Waals surface area (Å²) in [5.41, 5.74) is 1.08. The van der Waals surface area contributed by atoms with Crippen molar-refractivity contribution in [3.63, 3.8) is 0 Å². The highest BCUT2D eigenvalue weighted by molar-refractivity contribution is 5.77. The predicted molar refractivity (Wildman–Crippen MR) is 95.0 cm³/mol. The lowest BCUT2D eigenvalue weighted by atomic mass is 10.0. The molecule has 1 fully saturated rings. The van der Waals surface area contributed by atoms with E-state index in [1.54, 1.807) is 12.1 Å². The molecule has 25 heavy (non-hydrogen) atoms. The van der Waals surface area contributed by atoms with Gasteiger partial charge in [0.25, 0.3) is 5.69 Å². The van der Waals surface area contributed by atoms with Crippen molar-refractivity contribution in [3.8, 4) is 0 Å². The molecule has 1 amide bonds. The number of non-ortho nitro benzene ring substituents is 1. The van der Waals surface area contributed by atoms with Crippen molar-refractivity contribution >= 4 is 11.6 Å².